The molecule has 1 N–H and O–H groups in total. The molecule has 1 aromatic carbocycles. The molecule has 0 aliphatic carbocycles. The molecule has 0 unspecified atom stereocenters. The second kappa shape index (κ2) is 9.50. The fourth-order valence-corrected chi connectivity index (χ4v) is 3.51. The minimum absolute atomic E-state index is 0.107. The molecule has 0 atom stereocenters. The summed E-state index contributed by atoms with van der Waals surface area (Å²) in [5.74, 6) is 0.694. The van der Waals surface area contributed by atoms with Gasteiger partial charge in [-0.05, 0) is 38.1 Å². The number of nitrogens with one attached hydrogen (secondary N) is 1. The van der Waals surface area contributed by atoms with E-state index in [1.165, 1.54) is 0 Å². The van der Waals surface area contributed by atoms with Gasteiger partial charge in [-0.1, -0.05) is 29.3 Å². The van der Waals surface area contributed by atoms with Crippen molar-refractivity contribution in [3.8, 4) is 5.75 Å². The summed E-state index contributed by atoms with van der Waals surface area (Å²) in [7, 11) is 0. The van der Waals surface area contributed by atoms with Crippen LogP contribution in [0.4, 0.5) is 5.69 Å². The van der Waals surface area contributed by atoms with Gasteiger partial charge in [0.25, 0.3) is 5.91 Å². The number of aryl methyl sites for hydroxylation is 1. The quantitative estimate of drug-likeness (QED) is 0.380. The number of hydrogen-bond donors (Lipinski definition) is 1. The predicted molar refractivity (Wildman–Crippen MR) is 121 cm³/mol. The van der Waals surface area contributed by atoms with Crippen LogP contribution in [-0.4, -0.2) is 25.5 Å². The van der Waals surface area contributed by atoms with E-state index < -0.39 is 0 Å². The Morgan fingerprint density at radius 2 is 2.03 bits per heavy atom. The van der Waals surface area contributed by atoms with Gasteiger partial charge in [0.05, 0.1) is 29.6 Å². The number of furan rings is 1. The highest BCUT2D eigenvalue weighted by atomic mass is 35.5. The maximum Gasteiger partial charge on any atom is 0.291 e. The van der Waals surface area contributed by atoms with Crippen LogP contribution in [0.3, 0.4) is 0 Å². The number of hydrogen-bond acceptors (Lipinski definition) is 5. The maximum absolute atomic E-state index is 12.5. The molecule has 0 spiro atoms. The Labute approximate surface area is 194 Å². The summed E-state index contributed by atoms with van der Waals surface area (Å²) < 4.78 is 14.9. The van der Waals surface area contributed by atoms with E-state index in [2.05, 4.69) is 15.5 Å². The molecule has 1 amide bonds. The summed E-state index contributed by atoms with van der Waals surface area (Å²) in [6, 6.07) is 8.37. The molecule has 0 bridgehead atoms. The lowest BCUT2D eigenvalue weighted by molar-refractivity contribution is 0.0992. The van der Waals surface area contributed by atoms with Gasteiger partial charge in [-0.2, -0.15) is 10.2 Å². The third kappa shape index (κ3) is 4.81. The Morgan fingerprint density at radius 1 is 1.19 bits per heavy atom. The maximum atomic E-state index is 12.5. The Balaban J connectivity index is 1.35. The van der Waals surface area contributed by atoms with E-state index in [1.54, 1.807) is 47.4 Å². The lowest BCUT2D eigenvalue weighted by Gasteiger charge is -2.07. The molecule has 32 heavy (non-hydrogen) atoms. The van der Waals surface area contributed by atoms with Crippen LogP contribution in [0, 0.1) is 6.92 Å². The van der Waals surface area contributed by atoms with Gasteiger partial charge in [-0.25, -0.2) is 0 Å². The van der Waals surface area contributed by atoms with Crippen molar-refractivity contribution in [2.24, 2.45) is 0 Å². The molecule has 0 saturated heterocycles. The third-order valence-electron chi connectivity index (χ3n) is 4.90. The lowest BCUT2D eigenvalue weighted by Crippen LogP contribution is -2.10. The molecule has 4 aromatic rings. The largest absolute Gasteiger partial charge is 0.484 e. The number of halogens is 2. The summed E-state index contributed by atoms with van der Waals surface area (Å²) in [6.07, 6.45) is 5.18. The Morgan fingerprint density at radius 3 is 2.81 bits per heavy atom. The minimum Gasteiger partial charge on any atom is -0.484 e. The zero-order chi connectivity index (χ0) is 22.7. The summed E-state index contributed by atoms with van der Waals surface area (Å²) in [5, 5.41) is 12.2. The normalized spacial score (nSPS) is 11.0. The highest BCUT2D eigenvalue weighted by molar-refractivity contribution is 6.42. The number of carbonyl (C=O) groups is 1. The fraction of sp³-hybridized carbons (Fsp3) is 0.227. The standard InChI is InChI=1S/C22H21Cl2N5O3/c1-3-29-14(2)15(9-26-29)11-28-12-16(10-25-28)27-22(30)20-8-7-17(32-20)13-31-19-6-4-5-18(23)21(19)24/h4-10,12H,3,11,13H2,1-2H3,(H,27,30). The lowest BCUT2D eigenvalue weighted by atomic mass is 10.2. The van der Waals surface area contributed by atoms with Crippen LogP contribution in [0.2, 0.25) is 10.0 Å². The molecule has 0 fully saturated rings. The zero-order valence-electron chi connectivity index (χ0n) is 17.5. The van der Waals surface area contributed by atoms with Crippen molar-refractivity contribution < 1.29 is 13.9 Å². The van der Waals surface area contributed by atoms with Crippen molar-refractivity contribution in [2.45, 2.75) is 33.5 Å². The summed E-state index contributed by atoms with van der Waals surface area (Å²) in [6.45, 7) is 5.56. The SMILES string of the molecule is CCn1ncc(Cn2cc(NC(=O)c3ccc(COc4cccc(Cl)c4Cl)o3)cn2)c1C. The summed E-state index contributed by atoms with van der Waals surface area (Å²) in [5.41, 5.74) is 2.73. The molecular weight excluding hydrogens is 453 g/mol. The van der Waals surface area contributed by atoms with E-state index in [9.17, 15) is 4.79 Å². The first kappa shape index (κ1) is 22.0. The molecule has 0 radical (unpaired) electrons. The molecular formula is C22H21Cl2N5O3. The molecule has 0 aliphatic heterocycles. The fourth-order valence-electron chi connectivity index (χ4n) is 3.16. The number of rotatable bonds is 8. The predicted octanol–water partition coefficient (Wildman–Crippen LogP) is 5.19. The average molecular weight is 474 g/mol. The van der Waals surface area contributed by atoms with Crippen molar-refractivity contribution in [1.82, 2.24) is 19.6 Å². The number of nitrogens with zero attached hydrogens (tertiary/aromatic N) is 4. The highest BCUT2D eigenvalue weighted by Gasteiger charge is 2.14. The molecule has 0 saturated carbocycles. The van der Waals surface area contributed by atoms with E-state index >= 15 is 0 Å². The van der Waals surface area contributed by atoms with Gasteiger partial charge in [-0.15, -0.1) is 0 Å². The van der Waals surface area contributed by atoms with Crippen LogP contribution in [0.25, 0.3) is 0 Å². The monoisotopic (exact) mass is 473 g/mol. The van der Waals surface area contributed by atoms with Gasteiger partial charge < -0.3 is 14.5 Å². The molecule has 3 aromatic heterocycles. The zero-order valence-corrected chi connectivity index (χ0v) is 19.0. The average Bonchev–Trinajstić information content (AvgIpc) is 3.51. The number of benzene rings is 1. The van der Waals surface area contributed by atoms with E-state index in [0.717, 1.165) is 17.8 Å². The van der Waals surface area contributed by atoms with Crippen LogP contribution in [0.5, 0.6) is 5.75 Å². The molecule has 10 heteroatoms. The van der Waals surface area contributed by atoms with Crippen molar-refractivity contribution in [2.75, 3.05) is 5.32 Å². The van der Waals surface area contributed by atoms with Crippen molar-refractivity contribution >= 4 is 34.8 Å². The topological polar surface area (TPSA) is 87.1 Å². The smallest absolute Gasteiger partial charge is 0.291 e. The van der Waals surface area contributed by atoms with Crippen LogP contribution < -0.4 is 10.1 Å². The van der Waals surface area contributed by atoms with Gasteiger partial charge >= 0.3 is 0 Å². The summed E-state index contributed by atoms with van der Waals surface area (Å²) >= 11 is 12.1. The molecule has 4 rings (SSSR count). The molecule has 3 heterocycles. The molecule has 0 aliphatic rings. The van der Waals surface area contributed by atoms with Gasteiger partial charge in [0, 0.05) is 24.0 Å². The molecule has 8 nitrogen and oxygen atoms in total. The van der Waals surface area contributed by atoms with Crippen molar-refractivity contribution in [3.63, 3.8) is 0 Å². The first-order chi connectivity index (χ1) is 15.4. The highest BCUT2D eigenvalue weighted by Crippen LogP contribution is 2.32. The minimum atomic E-state index is -0.383. The van der Waals surface area contributed by atoms with Crippen LogP contribution >= 0.6 is 23.2 Å². The van der Waals surface area contributed by atoms with Crippen LogP contribution in [0.15, 0.2) is 53.3 Å². The van der Waals surface area contributed by atoms with Crippen LogP contribution in [0.1, 0.15) is 34.5 Å². The number of anilines is 1. The van der Waals surface area contributed by atoms with Gasteiger partial charge in [0.2, 0.25) is 0 Å². The molecule has 166 valence electrons. The number of ether oxygens (including phenoxy) is 1. The van der Waals surface area contributed by atoms with Gasteiger partial charge in [0.1, 0.15) is 23.1 Å². The Bertz CT molecular complexity index is 1240. The van der Waals surface area contributed by atoms with E-state index in [1.807, 2.05) is 24.7 Å². The van der Waals surface area contributed by atoms with Crippen molar-refractivity contribution in [3.05, 3.63) is 81.7 Å². The first-order valence-corrected chi connectivity index (χ1v) is 10.7. The van der Waals surface area contributed by atoms with Gasteiger partial charge in [0.15, 0.2) is 5.76 Å². The second-order valence-corrected chi connectivity index (χ2v) is 7.84. The number of aromatic nitrogens is 4. The van der Waals surface area contributed by atoms with E-state index in [4.69, 9.17) is 32.4 Å². The second-order valence-electron chi connectivity index (χ2n) is 7.06. The van der Waals surface area contributed by atoms with E-state index in [0.29, 0.717) is 33.8 Å². The number of carbonyl (C=O) groups excluding carboxylic acids is 1. The van der Waals surface area contributed by atoms with E-state index in [-0.39, 0.29) is 18.3 Å². The van der Waals surface area contributed by atoms with Gasteiger partial charge in [-0.3, -0.25) is 14.2 Å². The van der Waals surface area contributed by atoms with Crippen LogP contribution in [-0.2, 0) is 19.7 Å². The third-order valence-corrected chi connectivity index (χ3v) is 5.70. The number of amides is 1. The van der Waals surface area contributed by atoms with Crippen molar-refractivity contribution in [1.29, 1.82) is 0 Å². The Kier molecular flexibility index (Phi) is 6.53. The Hall–Kier alpha value is -3.23. The summed E-state index contributed by atoms with van der Waals surface area (Å²) in [4.78, 5) is 12.5. The first-order valence-electron chi connectivity index (χ1n) is 9.95.